The van der Waals surface area contributed by atoms with Gasteiger partial charge in [0.2, 0.25) is 15.9 Å². The van der Waals surface area contributed by atoms with Crippen LogP contribution < -0.4 is 4.72 Å². The summed E-state index contributed by atoms with van der Waals surface area (Å²) in [6, 6.07) is 6.46. The monoisotopic (exact) mass is 314 g/mol. The van der Waals surface area contributed by atoms with Crippen molar-refractivity contribution in [1.29, 1.82) is 0 Å². The van der Waals surface area contributed by atoms with Gasteiger partial charge in [0.25, 0.3) is 0 Å². The van der Waals surface area contributed by atoms with Gasteiger partial charge in [0, 0.05) is 26.2 Å². The Bertz CT molecular complexity index is 642. The third-order valence-corrected chi connectivity index (χ3v) is 4.61. The molecule has 1 unspecified atom stereocenters. The van der Waals surface area contributed by atoms with Crippen molar-refractivity contribution in [2.24, 2.45) is 0 Å². The first kappa shape index (κ1) is 17.0. The largest absolute Gasteiger partial charge is 0.480 e. The second-order valence-electron chi connectivity index (χ2n) is 4.70. The second kappa shape index (κ2) is 6.57. The molecule has 0 aromatic heterocycles. The number of carbonyl (C=O) groups is 2. The fourth-order valence-corrected chi connectivity index (χ4v) is 2.40. The average Bonchev–Trinajstić information content (AvgIpc) is 2.37. The maximum absolute atomic E-state index is 11.8. The molecule has 1 aromatic rings. The molecule has 0 fully saturated rings. The molecule has 7 nitrogen and oxygen atoms in total. The van der Waals surface area contributed by atoms with E-state index >= 15 is 0 Å². The van der Waals surface area contributed by atoms with Gasteiger partial charge in [0.1, 0.15) is 0 Å². The van der Waals surface area contributed by atoms with Crippen LogP contribution in [0.5, 0.6) is 0 Å². The first-order chi connectivity index (χ1) is 9.63. The maximum atomic E-state index is 11.8. The number of anilines is 1. The normalized spacial score (nSPS) is 12.5. The Hall–Kier alpha value is -2.09. The summed E-state index contributed by atoms with van der Waals surface area (Å²) >= 11 is 0. The average molecular weight is 314 g/mol. The lowest BCUT2D eigenvalue weighted by atomic mass is 10.2. The minimum absolute atomic E-state index is 0.111. The molecule has 8 heteroatoms. The summed E-state index contributed by atoms with van der Waals surface area (Å²) in [4.78, 5) is 23.4. The Morgan fingerprint density at radius 3 is 2.52 bits per heavy atom. The highest BCUT2D eigenvalue weighted by atomic mass is 32.2. The van der Waals surface area contributed by atoms with E-state index in [1.165, 1.54) is 17.9 Å². The molecule has 0 aliphatic rings. The number of carboxylic acids is 1. The quantitative estimate of drug-likeness (QED) is 0.811. The maximum Gasteiger partial charge on any atom is 0.323 e. The van der Waals surface area contributed by atoms with Crippen LogP contribution in [0, 0.1) is 0 Å². The van der Waals surface area contributed by atoms with Crippen molar-refractivity contribution in [3.63, 3.8) is 0 Å². The predicted molar refractivity (Wildman–Crippen MR) is 78.2 cm³/mol. The van der Waals surface area contributed by atoms with Gasteiger partial charge in [-0.2, -0.15) is 0 Å². The molecule has 21 heavy (non-hydrogen) atoms. The van der Waals surface area contributed by atoms with E-state index in [1.54, 1.807) is 25.2 Å². The molecule has 1 atom stereocenters. The standard InChI is InChI=1S/C13H18N2O5S/c1-9(13(17)18)21(19,20)14-12-6-4-5-11(7-12)8-15(3)10(2)16/h4-7,9,14H,8H2,1-3H3,(H,17,18). The number of benzene rings is 1. The molecule has 1 aromatic carbocycles. The zero-order chi connectivity index (χ0) is 16.2. The molecule has 0 heterocycles. The van der Waals surface area contributed by atoms with Crippen LogP contribution in [-0.2, 0) is 26.2 Å². The Kier molecular flexibility index (Phi) is 5.31. The van der Waals surface area contributed by atoms with Crippen molar-refractivity contribution < 1.29 is 23.1 Å². The van der Waals surface area contributed by atoms with Crippen molar-refractivity contribution in [2.75, 3.05) is 11.8 Å². The SMILES string of the molecule is CC(=O)N(C)Cc1cccc(NS(=O)(=O)C(C)C(=O)O)c1. The van der Waals surface area contributed by atoms with Crippen molar-refractivity contribution in [3.8, 4) is 0 Å². The molecule has 0 radical (unpaired) electrons. The molecule has 0 aliphatic heterocycles. The number of nitrogens with zero attached hydrogens (tertiary/aromatic N) is 1. The summed E-state index contributed by atoms with van der Waals surface area (Å²) in [6.07, 6.45) is 0. The zero-order valence-electron chi connectivity index (χ0n) is 12.0. The van der Waals surface area contributed by atoms with E-state index in [4.69, 9.17) is 5.11 Å². The van der Waals surface area contributed by atoms with Crippen molar-refractivity contribution in [3.05, 3.63) is 29.8 Å². The topological polar surface area (TPSA) is 104 Å². The van der Waals surface area contributed by atoms with Gasteiger partial charge in [-0.25, -0.2) is 8.42 Å². The highest BCUT2D eigenvalue weighted by molar-refractivity contribution is 7.94. The second-order valence-corrected chi connectivity index (χ2v) is 6.70. The van der Waals surface area contributed by atoms with E-state index in [9.17, 15) is 18.0 Å². The molecular formula is C13H18N2O5S. The van der Waals surface area contributed by atoms with E-state index in [0.29, 0.717) is 6.54 Å². The van der Waals surface area contributed by atoms with Crippen LogP contribution in [0.25, 0.3) is 0 Å². The first-order valence-electron chi connectivity index (χ1n) is 6.18. The Balaban J connectivity index is 2.91. The fraction of sp³-hybridized carbons (Fsp3) is 0.385. The molecular weight excluding hydrogens is 296 g/mol. The minimum atomic E-state index is -4.00. The van der Waals surface area contributed by atoms with Gasteiger partial charge in [-0.05, 0) is 24.6 Å². The van der Waals surface area contributed by atoms with Crippen LogP contribution in [0.4, 0.5) is 5.69 Å². The predicted octanol–water partition coefficient (Wildman–Crippen LogP) is 0.880. The number of carboxylic acid groups (broad SMARTS) is 1. The fourth-order valence-electron chi connectivity index (χ4n) is 1.50. The van der Waals surface area contributed by atoms with Crippen LogP contribution in [0.15, 0.2) is 24.3 Å². The summed E-state index contributed by atoms with van der Waals surface area (Å²) in [5.74, 6) is -1.53. The van der Waals surface area contributed by atoms with Gasteiger partial charge in [-0.15, -0.1) is 0 Å². The molecule has 116 valence electrons. The van der Waals surface area contributed by atoms with Gasteiger partial charge in [0.15, 0.2) is 5.25 Å². The number of hydrogen-bond acceptors (Lipinski definition) is 4. The summed E-state index contributed by atoms with van der Waals surface area (Å²) in [5.41, 5.74) is 0.994. The number of sulfonamides is 1. The van der Waals surface area contributed by atoms with E-state index in [1.807, 2.05) is 0 Å². The van der Waals surface area contributed by atoms with Crippen molar-refractivity contribution in [2.45, 2.75) is 25.6 Å². The van der Waals surface area contributed by atoms with E-state index in [-0.39, 0.29) is 11.6 Å². The van der Waals surface area contributed by atoms with Gasteiger partial charge < -0.3 is 10.0 Å². The molecule has 2 N–H and O–H groups in total. The molecule has 1 rings (SSSR count). The number of amides is 1. The summed E-state index contributed by atoms with van der Waals surface area (Å²) in [5, 5.41) is 7.21. The molecule has 1 amide bonds. The lowest BCUT2D eigenvalue weighted by Crippen LogP contribution is -2.32. The van der Waals surface area contributed by atoms with E-state index < -0.39 is 21.2 Å². The van der Waals surface area contributed by atoms with E-state index in [0.717, 1.165) is 12.5 Å². The van der Waals surface area contributed by atoms with Crippen molar-refractivity contribution >= 4 is 27.6 Å². The first-order valence-corrected chi connectivity index (χ1v) is 7.73. The summed E-state index contributed by atoms with van der Waals surface area (Å²) in [7, 11) is -2.37. The van der Waals surface area contributed by atoms with Crippen LogP contribution in [-0.4, -0.2) is 42.6 Å². The molecule has 0 saturated carbocycles. The summed E-state index contributed by atoms with van der Waals surface area (Å²) < 4.78 is 25.9. The van der Waals surface area contributed by atoms with Gasteiger partial charge in [-0.3, -0.25) is 14.3 Å². The van der Waals surface area contributed by atoms with Crippen LogP contribution in [0.1, 0.15) is 19.4 Å². The Morgan fingerprint density at radius 1 is 1.38 bits per heavy atom. The van der Waals surface area contributed by atoms with Crippen molar-refractivity contribution in [1.82, 2.24) is 4.90 Å². The zero-order valence-corrected chi connectivity index (χ0v) is 12.8. The highest BCUT2D eigenvalue weighted by Gasteiger charge is 2.27. The highest BCUT2D eigenvalue weighted by Crippen LogP contribution is 2.15. The minimum Gasteiger partial charge on any atom is -0.480 e. The molecule has 0 bridgehead atoms. The van der Waals surface area contributed by atoms with Gasteiger partial charge in [0.05, 0.1) is 0 Å². The molecule has 0 aliphatic carbocycles. The number of rotatable bonds is 6. The molecule has 0 saturated heterocycles. The third-order valence-electron chi connectivity index (χ3n) is 2.96. The van der Waals surface area contributed by atoms with Crippen LogP contribution >= 0.6 is 0 Å². The number of nitrogens with one attached hydrogen (secondary N) is 1. The Morgan fingerprint density at radius 2 is 2.00 bits per heavy atom. The lowest BCUT2D eigenvalue weighted by Gasteiger charge is -2.16. The third kappa shape index (κ3) is 4.75. The van der Waals surface area contributed by atoms with Crippen LogP contribution in [0.3, 0.4) is 0 Å². The number of carbonyl (C=O) groups excluding carboxylic acids is 1. The smallest absolute Gasteiger partial charge is 0.323 e. The lowest BCUT2D eigenvalue weighted by molar-refractivity contribution is -0.136. The molecule has 0 spiro atoms. The number of aliphatic carboxylic acids is 1. The summed E-state index contributed by atoms with van der Waals surface area (Å²) in [6.45, 7) is 2.86. The number of hydrogen-bond donors (Lipinski definition) is 2. The van der Waals surface area contributed by atoms with E-state index in [2.05, 4.69) is 4.72 Å². The van der Waals surface area contributed by atoms with Gasteiger partial charge >= 0.3 is 5.97 Å². The van der Waals surface area contributed by atoms with Crippen LogP contribution in [0.2, 0.25) is 0 Å². The van der Waals surface area contributed by atoms with Gasteiger partial charge in [-0.1, -0.05) is 12.1 Å². The Labute approximate surface area is 123 Å².